The fraction of sp³-hybridized carbons (Fsp3) is 0.360. The highest BCUT2D eigenvalue weighted by atomic mass is 19.1. The first-order valence-corrected chi connectivity index (χ1v) is 11.1. The average molecular weight is 445 g/mol. The quantitative estimate of drug-likeness (QED) is 0.608. The van der Waals surface area contributed by atoms with Crippen molar-refractivity contribution >= 4 is 16.7 Å². The van der Waals surface area contributed by atoms with Crippen molar-refractivity contribution in [1.29, 1.82) is 5.26 Å². The summed E-state index contributed by atoms with van der Waals surface area (Å²) in [6.07, 6.45) is 1.84. The van der Waals surface area contributed by atoms with Crippen molar-refractivity contribution in [3.8, 4) is 6.07 Å². The van der Waals surface area contributed by atoms with Crippen LogP contribution < -0.4 is 10.9 Å². The number of halogens is 1. The second-order valence-corrected chi connectivity index (χ2v) is 9.12. The van der Waals surface area contributed by atoms with Crippen LogP contribution in [0.5, 0.6) is 0 Å². The van der Waals surface area contributed by atoms with Crippen LogP contribution >= 0.6 is 0 Å². The maximum absolute atomic E-state index is 14.6. The van der Waals surface area contributed by atoms with Crippen LogP contribution in [0.1, 0.15) is 47.3 Å². The van der Waals surface area contributed by atoms with Gasteiger partial charge in [-0.25, -0.2) is 9.49 Å². The molecule has 2 aliphatic rings. The smallest absolute Gasteiger partial charge is 0.272 e. The third kappa shape index (κ3) is 3.89. The summed E-state index contributed by atoms with van der Waals surface area (Å²) in [4.78, 5) is 26.7. The van der Waals surface area contributed by atoms with Crippen LogP contribution in [0.4, 0.5) is 4.39 Å². The van der Waals surface area contributed by atoms with Crippen LogP contribution in [0.3, 0.4) is 0 Å². The van der Waals surface area contributed by atoms with Crippen LogP contribution in [0.15, 0.2) is 47.3 Å². The lowest BCUT2D eigenvalue weighted by atomic mass is 9.92. The molecule has 1 unspecified atom stereocenters. The summed E-state index contributed by atoms with van der Waals surface area (Å²) in [6.45, 7) is 3.54. The molecule has 0 spiro atoms. The highest BCUT2D eigenvalue weighted by Gasteiger charge is 2.44. The van der Waals surface area contributed by atoms with Crippen molar-refractivity contribution in [1.82, 2.24) is 20.4 Å². The second-order valence-electron chi connectivity index (χ2n) is 9.12. The van der Waals surface area contributed by atoms with Gasteiger partial charge in [0, 0.05) is 37.0 Å². The number of nitrogens with zero attached hydrogens (tertiary/aromatic N) is 3. The Hall–Kier alpha value is -3.57. The molecule has 2 aromatic carbocycles. The molecule has 1 atom stereocenters. The van der Waals surface area contributed by atoms with Gasteiger partial charge in [-0.2, -0.15) is 10.4 Å². The van der Waals surface area contributed by atoms with E-state index in [9.17, 15) is 19.2 Å². The summed E-state index contributed by atoms with van der Waals surface area (Å²) in [7, 11) is 0. The number of rotatable bonds is 6. The van der Waals surface area contributed by atoms with Gasteiger partial charge in [-0.1, -0.05) is 31.2 Å². The van der Waals surface area contributed by atoms with E-state index in [2.05, 4.69) is 21.6 Å². The monoisotopic (exact) mass is 445 g/mol. The zero-order chi connectivity index (χ0) is 23.2. The Labute approximate surface area is 190 Å². The molecule has 7 nitrogen and oxygen atoms in total. The minimum absolute atomic E-state index is 0.0298. The number of amides is 1. The van der Waals surface area contributed by atoms with Gasteiger partial charge in [0.2, 0.25) is 0 Å². The van der Waals surface area contributed by atoms with Gasteiger partial charge >= 0.3 is 0 Å². The largest absolute Gasteiger partial charge is 0.335 e. The Balaban J connectivity index is 1.33. The molecule has 5 rings (SSSR count). The lowest BCUT2D eigenvalue weighted by Gasteiger charge is -2.40. The number of carbonyl (C=O) groups is 1. The third-order valence-corrected chi connectivity index (χ3v) is 6.85. The van der Waals surface area contributed by atoms with Crippen LogP contribution in [0, 0.1) is 22.6 Å². The molecule has 168 valence electrons. The van der Waals surface area contributed by atoms with E-state index >= 15 is 0 Å². The number of hydrogen-bond donors (Lipinski definition) is 2. The van der Waals surface area contributed by atoms with E-state index in [1.807, 2.05) is 19.1 Å². The van der Waals surface area contributed by atoms with Crippen LogP contribution in [0.2, 0.25) is 0 Å². The maximum atomic E-state index is 14.6. The number of H-pyrrole nitrogens is 1. The summed E-state index contributed by atoms with van der Waals surface area (Å²) in [5.41, 5.74) is 0.933. The first kappa shape index (κ1) is 21.3. The SMILES string of the molecule is CC(c1ccc(F)c(C(=O)N2CC(NCC3(C#N)CC3)C2)c1)c1n[nH]c(=O)c2ccccc12. The summed E-state index contributed by atoms with van der Waals surface area (Å²) in [5, 5.41) is 20.6. The molecule has 1 amide bonds. The predicted octanol–water partition coefficient (Wildman–Crippen LogP) is 2.93. The van der Waals surface area contributed by atoms with Crippen molar-refractivity contribution in [2.45, 2.75) is 31.7 Å². The molecule has 1 aliphatic carbocycles. The molecule has 2 fully saturated rings. The fourth-order valence-electron chi connectivity index (χ4n) is 4.36. The first-order valence-electron chi connectivity index (χ1n) is 11.1. The molecule has 1 saturated carbocycles. The van der Waals surface area contributed by atoms with Crippen molar-refractivity contribution in [2.24, 2.45) is 5.41 Å². The van der Waals surface area contributed by atoms with E-state index in [1.165, 1.54) is 6.07 Å². The van der Waals surface area contributed by atoms with Gasteiger partial charge in [-0.15, -0.1) is 0 Å². The molecule has 33 heavy (non-hydrogen) atoms. The topological polar surface area (TPSA) is 102 Å². The molecule has 0 radical (unpaired) electrons. The molecule has 2 N–H and O–H groups in total. The zero-order valence-corrected chi connectivity index (χ0v) is 18.3. The zero-order valence-electron chi connectivity index (χ0n) is 18.3. The molecule has 2 heterocycles. The van der Waals surface area contributed by atoms with E-state index in [0.717, 1.165) is 23.8 Å². The Morgan fingerprint density at radius 1 is 1.30 bits per heavy atom. The molecule has 8 heteroatoms. The van der Waals surface area contributed by atoms with Crippen molar-refractivity contribution < 1.29 is 9.18 Å². The predicted molar refractivity (Wildman–Crippen MR) is 121 cm³/mol. The van der Waals surface area contributed by atoms with E-state index < -0.39 is 5.82 Å². The fourth-order valence-corrected chi connectivity index (χ4v) is 4.36. The van der Waals surface area contributed by atoms with Gasteiger partial charge in [0.25, 0.3) is 11.5 Å². The molecular formula is C25H24FN5O2. The first-order chi connectivity index (χ1) is 15.9. The summed E-state index contributed by atoms with van der Waals surface area (Å²) in [5.74, 6) is -1.17. The van der Waals surface area contributed by atoms with E-state index in [0.29, 0.717) is 30.7 Å². The number of nitriles is 1. The number of aromatic amines is 1. The second kappa shape index (κ2) is 8.09. The highest BCUT2D eigenvalue weighted by molar-refractivity contribution is 5.95. The molecule has 1 aliphatic heterocycles. The highest BCUT2D eigenvalue weighted by Crippen LogP contribution is 2.44. The molecule has 3 aromatic rings. The van der Waals surface area contributed by atoms with Gasteiger partial charge in [-0.3, -0.25) is 9.59 Å². The lowest BCUT2D eigenvalue weighted by molar-refractivity contribution is 0.0559. The van der Waals surface area contributed by atoms with Crippen molar-refractivity contribution in [3.63, 3.8) is 0 Å². The van der Waals surface area contributed by atoms with Crippen molar-refractivity contribution in [2.75, 3.05) is 19.6 Å². The van der Waals surface area contributed by atoms with E-state index in [4.69, 9.17) is 0 Å². The van der Waals surface area contributed by atoms with Gasteiger partial charge in [0.1, 0.15) is 5.82 Å². The number of fused-ring (bicyclic) bond motifs is 1. The third-order valence-electron chi connectivity index (χ3n) is 6.85. The molecule has 1 aromatic heterocycles. The van der Waals surface area contributed by atoms with Gasteiger partial charge < -0.3 is 10.2 Å². The minimum Gasteiger partial charge on any atom is -0.335 e. The average Bonchev–Trinajstić information content (AvgIpc) is 3.58. The number of nitrogens with one attached hydrogen (secondary N) is 2. The van der Waals surface area contributed by atoms with E-state index in [-0.39, 0.29) is 34.4 Å². The van der Waals surface area contributed by atoms with Gasteiger partial charge in [0.15, 0.2) is 0 Å². The van der Waals surface area contributed by atoms with Crippen LogP contribution in [-0.2, 0) is 0 Å². The Morgan fingerprint density at radius 3 is 2.73 bits per heavy atom. The molecular weight excluding hydrogens is 421 g/mol. The van der Waals surface area contributed by atoms with Gasteiger partial charge in [0.05, 0.1) is 28.1 Å². The minimum atomic E-state index is -0.562. The molecule has 0 bridgehead atoms. The van der Waals surface area contributed by atoms with Crippen LogP contribution in [0.25, 0.3) is 10.8 Å². The van der Waals surface area contributed by atoms with Crippen LogP contribution in [-0.4, -0.2) is 46.7 Å². The maximum Gasteiger partial charge on any atom is 0.272 e. The normalized spacial score (nSPS) is 17.9. The van der Waals surface area contributed by atoms with Crippen molar-refractivity contribution in [3.05, 3.63) is 75.5 Å². The summed E-state index contributed by atoms with van der Waals surface area (Å²) < 4.78 is 14.6. The number of benzene rings is 2. The summed E-state index contributed by atoms with van der Waals surface area (Å²) >= 11 is 0. The number of aromatic nitrogens is 2. The standard InChI is InChI=1S/C25H24FN5O2/c1-15(22-18-4-2-3-5-19(18)23(32)30-29-22)16-6-7-21(26)20(10-16)24(33)31-11-17(12-31)28-14-25(13-27)8-9-25/h2-7,10,15,17,28H,8-9,11-12,14H2,1H3,(H,30,32). The summed E-state index contributed by atoms with van der Waals surface area (Å²) in [6, 6.07) is 14.2. The number of likely N-dealkylation sites (tertiary alicyclic amines) is 1. The Kier molecular flexibility index (Phi) is 5.22. The van der Waals surface area contributed by atoms with Gasteiger partial charge in [-0.05, 0) is 36.6 Å². The number of carbonyl (C=O) groups excluding carboxylic acids is 1. The Morgan fingerprint density at radius 2 is 2.03 bits per heavy atom. The van der Waals surface area contributed by atoms with E-state index in [1.54, 1.807) is 29.2 Å². The molecule has 1 saturated heterocycles. The number of hydrogen-bond acceptors (Lipinski definition) is 5. The lowest BCUT2D eigenvalue weighted by Crippen LogP contribution is -2.60. The Bertz CT molecular complexity index is 1330.